The fourth-order valence-corrected chi connectivity index (χ4v) is 4.88. The van der Waals surface area contributed by atoms with Crippen LogP contribution in [0.4, 0.5) is 4.79 Å². The quantitative estimate of drug-likeness (QED) is 0.392. The lowest BCUT2D eigenvalue weighted by atomic mass is 10.1. The molecule has 1 fully saturated rings. The number of carbonyl (C=O) groups is 3. The third-order valence-corrected chi connectivity index (χ3v) is 6.87. The molecular formula is C26H33N3O4S. The molecule has 182 valence electrons. The van der Waals surface area contributed by atoms with Gasteiger partial charge in [-0.05, 0) is 43.9 Å². The minimum Gasteiger partial charge on any atom is -0.450 e. The van der Waals surface area contributed by atoms with Crippen molar-refractivity contribution in [2.45, 2.75) is 48.8 Å². The zero-order valence-electron chi connectivity index (χ0n) is 19.6. The van der Waals surface area contributed by atoms with Gasteiger partial charge in [0.15, 0.2) is 0 Å². The summed E-state index contributed by atoms with van der Waals surface area (Å²) in [6, 6.07) is 19.7. The van der Waals surface area contributed by atoms with Crippen molar-refractivity contribution in [3.05, 3.63) is 66.2 Å². The van der Waals surface area contributed by atoms with Crippen molar-refractivity contribution in [3.8, 4) is 0 Å². The zero-order chi connectivity index (χ0) is 24.2. The van der Waals surface area contributed by atoms with E-state index in [1.165, 1.54) is 11.8 Å². The number of rotatable bonds is 10. The average molecular weight is 484 g/mol. The Morgan fingerprint density at radius 1 is 1.03 bits per heavy atom. The Morgan fingerprint density at radius 3 is 2.32 bits per heavy atom. The van der Waals surface area contributed by atoms with Gasteiger partial charge in [0.1, 0.15) is 5.25 Å². The van der Waals surface area contributed by atoms with Crippen molar-refractivity contribution in [1.29, 1.82) is 0 Å². The first-order chi connectivity index (χ1) is 16.6. The number of thioether (sulfide) groups is 1. The first-order valence-electron chi connectivity index (χ1n) is 11.8. The number of benzene rings is 2. The highest BCUT2D eigenvalue weighted by atomic mass is 32.2. The molecule has 1 saturated heterocycles. The molecule has 3 rings (SSSR count). The van der Waals surface area contributed by atoms with Gasteiger partial charge in [-0.25, -0.2) is 4.79 Å². The molecule has 2 N–H and O–H groups in total. The molecule has 3 amide bonds. The maximum atomic E-state index is 13.0. The molecule has 0 spiro atoms. The number of piperidine rings is 1. The van der Waals surface area contributed by atoms with Crippen LogP contribution < -0.4 is 10.6 Å². The Morgan fingerprint density at radius 2 is 1.68 bits per heavy atom. The topological polar surface area (TPSA) is 87.7 Å². The lowest BCUT2D eigenvalue weighted by molar-refractivity contribution is -0.123. The van der Waals surface area contributed by atoms with Gasteiger partial charge in [0.2, 0.25) is 11.8 Å². The van der Waals surface area contributed by atoms with Crippen LogP contribution in [-0.2, 0) is 14.3 Å². The molecule has 1 atom stereocenters. The smallest absolute Gasteiger partial charge is 0.409 e. The van der Waals surface area contributed by atoms with Crippen LogP contribution in [0.3, 0.4) is 0 Å². The molecule has 0 bridgehead atoms. The Labute approximate surface area is 205 Å². The maximum absolute atomic E-state index is 13.0. The van der Waals surface area contributed by atoms with Crippen LogP contribution in [0, 0.1) is 0 Å². The van der Waals surface area contributed by atoms with E-state index in [1.807, 2.05) is 60.7 Å². The summed E-state index contributed by atoms with van der Waals surface area (Å²) in [5, 5.41) is 5.68. The normalized spacial score (nSPS) is 14.8. The second-order valence-corrected chi connectivity index (χ2v) is 9.32. The van der Waals surface area contributed by atoms with E-state index in [1.54, 1.807) is 11.8 Å². The molecule has 0 radical (unpaired) electrons. The minimum absolute atomic E-state index is 0.0258. The Balaban J connectivity index is 1.40. The summed E-state index contributed by atoms with van der Waals surface area (Å²) in [7, 11) is 0. The number of ether oxygens (including phenoxy) is 1. The van der Waals surface area contributed by atoms with E-state index >= 15 is 0 Å². The van der Waals surface area contributed by atoms with Crippen LogP contribution in [0.2, 0.25) is 0 Å². The van der Waals surface area contributed by atoms with E-state index in [4.69, 9.17) is 4.74 Å². The van der Waals surface area contributed by atoms with Gasteiger partial charge in [-0.15, -0.1) is 11.8 Å². The van der Waals surface area contributed by atoms with Crippen LogP contribution in [-0.4, -0.2) is 55.1 Å². The van der Waals surface area contributed by atoms with Gasteiger partial charge < -0.3 is 20.3 Å². The fraction of sp³-hybridized carbons (Fsp3) is 0.423. The van der Waals surface area contributed by atoms with Crippen molar-refractivity contribution in [3.63, 3.8) is 0 Å². The number of amides is 3. The molecule has 2 aromatic carbocycles. The van der Waals surface area contributed by atoms with Gasteiger partial charge in [-0.1, -0.05) is 48.5 Å². The van der Waals surface area contributed by atoms with Crippen molar-refractivity contribution >= 4 is 29.7 Å². The molecule has 0 aliphatic carbocycles. The molecule has 1 aliphatic rings. The van der Waals surface area contributed by atoms with Crippen LogP contribution in [0.15, 0.2) is 65.6 Å². The van der Waals surface area contributed by atoms with Gasteiger partial charge >= 0.3 is 6.09 Å². The molecule has 7 nitrogen and oxygen atoms in total. The molecule has 34 heavy (non-hydrogen) atoms. The average Bonchev–Trinajstić information content (AvgIpc) is 2.87. The second kappa shape index (κ2) is 13.6. The zero-order valence-corrected chi connectivity index (χ0v) is 20.4. The number of nitrogens with zero attached hydrogens (tertiary/aromatic N) is 1. The fourth-order valence-electron chi connectivity index (χ4n) is 3.81. The minimum atomic E-state index is -0.359. The Hall–Kier alpha value is -3.00. The van der Waals surface area contributed by atoms with Crippen molar-refractivity contribution in [1.82, 2.24) is 15.5 Å². The SMILES string of the molecule is CCOC(=O)N1CCC(NC(=O)CCCNC(=O)C(Sc2ccccc2)c2ccccc2)CC1. The highest BCUT2D eigenvalue weighted by Gasteiger charge is 2.25. The van der Waals surface area contributed by atoms with Gasteiger partial charge in [-0.2, -0.15) is 0 Å². The predicted molar refractivity (Wildman–Crippen MR) is 133 cm³/mol. The largest absolute Gasteiger partial charge is 0.450 e. The van der Waals surface area contributed by atoms with Crippen molar-refractivity contribution in [2.24, 2.45) is 0 Å². The van der Waals surface area contributed by atoms with E-state index in [2.05, 4.69) is 10.6 Å². The summed E-state index contributed by atoms with van der Waals surface area (Å²) in [6.45, 7) is 3.76. The first kappa shape index (κ1) is 25.6. The van der Waals surface area contributed by atoms with Gasteiger partial charge in [0.25, 0.3) is 0 Å². The molecule has 1 heterocycles. The number of hydrogen-bond acceptors (Lipinski definition) is 5. The highest BCUT2D eigenvalue weighted by Crippen LogP contribution is 2.35. The molecule has 0 aromatic heterocycles. The Kier molecular flexibility index (Phi) is 10.3. The van der Waals surface area contributed by atoms with Crippen LogP contribution in [0.25, 0.3) is 0 Å². The van der Waals surface area contributed by atoms with E-state index in [0.717, 1.165) is 23.3 Å². The second-order valence-electron chi connectivity index (χ2n) is 8.14. The van der Waals surface area contributed by atoms with E-state index < -0.39 is 0 Å². The standard InChI is InChI=1S/C26H33N3O4S/c1-2-33-26(32)29-18-15-21(16-19-29)28-23(30)14-9-17-27-25(31)24(20-10-5-3-6-11-20)34-22-12-7-4-8-13-22/h3-8,10-13,21,24H,2,9,14-19H2,1H3,(H,27,31)(H,28,30). The molecular weight excluding hydrogens is 450 g/mol. The number of likely N-dealkylation sites (tertiary alicyclic amines) is 1. The predicted octanol–water partition coefficient (Wildman–Crippen LogP) is 4.15. The van der Waals surface area contributed by atoms with E-state index in [9.17, 15) is 14.4 Å². The third kappa shape index (κ3) is 8.09. The third-order valence-electron chi connectivity index (χ3n) is 5.60. The summed E-state index contributed by atoms with van der Waals surface area (Å²) >= 11 is 1.51. The van der Waals surface area contributed by atoms with Gasteiger partial charge in [0.05, 0.1) is 6.61 Å². The van der Waals surface area contributed by atoms with Crippen LogP contribution in [0.1, 0.15) is 43.4 Å². The summed E-state index contributed by atoms with van der Waals surface area (Å²) in [5.74, 6) is -0.0890. The van der Waals surface area contributed by atoms with Gasteiger partial charge in [0, 0.05) is 37.0 Å². The van der Waals surface area contributed by atoms with Crippen LogP contribution in [0.5, 0.6) is 0 Å². The van der Waals surface area contributed by atoms with Crippen LogP contribution >= 0.6 is 11.8 Å². The van der Waals surface area contributed by atoms with Crippen molar-refractivity contribution in [2.75, 3.05) is 26.2 Å². The summed E-state index contributed by atoms with van der Waals surface area (Å²) in [4.78, 5) is 39.8. The number of nitrogens with one attached hydrogen (secondary N) is 2. The molecule has 2 aromatic rings. The van der Waals surface area contributed by atoms with E-state index in [0.29, 0.717) is 39.1 Å². The van der Waals surface area contributed by atoms with E-state index in [-0.39, 0.29) is 29.2 Å². The molecule has 1 unspecified atom stereocenters. The number of carbonyl (C=O) groups excluding carboxylic acids is 3. The molecule has 1 aliphatic heterocycles. The van der Waals surface area contributed by atoms with Gasteiger partial charge in [-0.3, -0.25) is 9.59 Å². The summed E-state index contributed by atoms with van der Waals surface area (Å²) in [6.07, 6.45) is 2.06. The first-order valence-corrected chi connectivity index (χ1v) is 12.7. The maximum Gasteiger partial charge on any atom is 0.409 e. The molecule has 8 heteroatoms. The lowest BCUT2D eigenvalue weighted by Crippen LogP contribution is -2.46. The summed E-state index contributed by atoms with van der Waals surface area (Å²) in [5.41, 5.74) is 0.945. The number of hydrogen-bond donors (Lipinski definition) is 2. The molecule has 0 saturated carbocycles. The van der Waals surface area contributed by atoms with Crippen molar-refractivity contribution < 1.29 is 19.1 Å². The summed E-state index contributed by atoms with van der Waals surface area (Å²) < 4.78 is 5.02. The highest BCUT2D eigenvalue weighted by molar-refractivity contribution is 8.00. The monoisotopic (exact) mass is 483 g/mol. The Bertz CT molecular complexity index is 918. The lowest BCUT2D eigenvalue weighted by Gasteiger charge is -2.31.